The van der Waals surface area contributed by atoms with Crippen LogP contribution in [-0.4, -0.2) is 19.7 Å². The van der Waals surface area contributed by atoms with E-state index in [9.17, 15) is 18.7 Å². The number of carboxylic acids is 1. The van der Waals surface area contributed by atoms with Crippen LogP contribution in [-0.2, 0) is 11.2 Å². The van der Waals surface area contributed by atoms with Gasteiger partial charge in [-0.15, -0.1) is 0 Å². The summed E-state index contributed by atoms with van der Waals surface area (Å²) in [5.74, 6) is -1.34. The fourth-order valence-corrected chi connectivity index (χ4v) is 1.18. The lowest BCUT2D eigenvalue weighted by Gasteiger charge is -2.11. The number of benzene rings is 1. The first-order valence-electron chi connectivity index (χ1n) is 4.34. The molecule has 1 rings (SSSR count). The van der Waals surface area contributed by atoms with E-state index < -0.39 is 12.6 Å². The third-order valence-corrected chi connectivity index (χ3v) is 1.79. The summed E-state index contributed by atoms with van der Waals surface area (Å²) in [6, 6.07) is 3.90. The highest BCUT2D eigenvalue weighted by molar-refractivity contribution is 5.68. The van der Waals surface area contributed by atoms with Gasteiger partial charge >= 0.3 is 6.61 Å². The van der Waals surface area contributed by atoms with Crippen molar-refractivity contribution in [3.63, 3.8) is 0 Å². The van der Waals surface area contributed by atoms with Crippen molar-refractivity contribution < 1.29 is 28.2 Å². The molecule has 0 radical (unpaired) electrons. The van der Waals surface area contributed by atoms with Crippen molar-refractivity contribution in [3.05, 3.63) is 23.8 Å². The Morgan fingerprint density at radius 1 is 1.44 bits per heavy atom. The van der Waals surface area contributed by atoms with Crippen LogP contribution in [0.25, 0.3) is 0 Å². The van der Waals surface area contributed by atoms with Crippen LogP contribution in [0.1, 0.15) is 5.56 Å². The van der Waals surface area contributed by atoms with E-state index in [-0.39, 0.29) is 17.9 Å². The van der Waals surface area contributed by atoms with Crippen LogP contribution in [0.5, 0.6) is 11.5 Å². The summed E-state index contributed by atoms with van der Waals surface area (Å²) in [6.45, 7) is -2.96. The van der Waals surface area contributed by atoms with Crippen LogP contribution in [0.3, 0.4) is 0 Å². The predicted molar refractivity (Wildman–Crippen MR) is 48.3 cm³/mol. The van der Waals surface area contributed by atoms with E-state index in [4.69, 9.17) is 4.74 Å². The summed E-state index contributed by atoms with van der Waals surface area (Å²) < 4.78 is 32.9. The first-order valence-corrected chi connectivity index (χ1v) is 4.34. The molecule has 0 amide bonds. The fraction of sp³-hybridized carbons (Fsp3) is 0.300. The molecule has 0 aromatic heterocycles. The van der Waals surface area contributed by atoms with Gasteiger partial charge in [0.05, 0.1) is 7.11 Å². The molecule has 0 bridgehead atoms. The largest absolute Gasteiger partial charge is 0.550 e. The van der Waals surface area contributed by atoms with Gasteiger partial charge in [-0.3, -0.25) is 0 Å². The van der Waals surface area contributed by atoms with Gasteiger partial charge in [-0.05, 0) is 17.7 Å². The molecule has 4 nitrogen and oxygen atoms in total. The quantitative estimate of drug-likeness (QED) is 0.744. The van der Waals surface area contributed by atoms with Gasteiger partial charge in [0.2, 0.25) is 0 Å². The number of carbonyl (C=O) groups excluding carboxylic acids is 1. The Morgan fingerprint density at radius 3 is 2.62 bits per heavy atom. The van der Waals surface area contributed by atoms with E-state index in [1.54, 1.807) is 0 Å². The van der Waals surface area contributed by atoms with Crippen molar-refractivity contribution in [2.75, 3.05) is 7.11 Å². The molecule has 0 unspecified atom stereocenters. The third kappa shape index (κ3) is 3.38. The van der Waals surface area contributed by atoms with Gasteiger partial charge in [-0.25, -0.2) is 0 Å². The summed E-state index contributed by atoms with van der Waals surface area (Å²) in [4.78, 5) is 10.3. The van der Waals surface area contributed by atoms with E-state index in [2.05, 4.69) is 4.74 Å². The topological polar surface area (TPSA) is 58.6 Å². The Hall–Kier alpha value is -1.85. The maximum atomic E-state index is 12.0. The summed E-state index contributed by atoms with van der Waals surface area (Å²) in [6.07, 6.45) is -0.314. The van der Waals surface area contributed by atoms with Gasteiger partial charge in [-0.2, -0.15) is 8.78 Å². The lowest BCUT2D eigenvalue weighted by atomic mass is 10.1. The van der Waals surface area contributed by atoms with Gasteiger partial charge in [0.15, 0.2) is 11.5 Å². The molecule has 0 saturated carbocycles. The number of aliphatic carboxylic acids is 1. The molecular weight excluding hydrogens is 222 g/mol. The highest BCUT2D eigenvalue weighted by atomic mass is 19.3. The van der Waals surface area contributed by atoms with E-state index >= 15 is 0 Å². The summed E-state index contributed by atoms with van der Waals surface area (Å²) in [5, 5.41) is 10.3. The van der Waals surface area contributed by atoms with Crippen LogP contribution in [0.2, 0.25) is 0 Å². The van der Waals surface area contributed by atoms with Crippen LogP contribution >= 0.6 is 0 Å². The van der Waals surface area contributed by atoms with Crippen molar-refractivity contribution in [3.8, 4) is 11.5 Å². The molecule has 0 fully saturated rings. The van der Waals surface area contributed by atoms with Crippen molar-refractivity contribution in [1.29, 1.82) is 0 Å². The normalized spacial score (nSPS) is 10.2. The molecule has 0 aliphatic carbocycles. The van der Waals surface area contributed by atoms with Gasteiger partial charge in [0.1, 0.15) is 0 Å². The molecule has 1 aromatic carbocycles. The molecule has 1 aromatic rings. The molecule has 0 spiro atoms. The van der Waals surface area contributed by atoms with Crippen LogP contribution in [0.15, 0.2) is 18.2 Å². The lowest BCUT2D eigenvalue weighted by Crippen LogP contribution is -2.24. The van der Waals surface area contributed by atoms with Crippen molar-refractivity contribution in [1.82, 2.24) is 0 Å². The number of ether oxygens (including phenoxy) is 2. The van der Waals surface area contributed by atoms with Gasteiger partial charge in [-0.1, -0.05) is 6.07 Å². The number of carbonyl (C=O) groups is 1. The van der Waals surface area contributed by atoms with Crippen LogP contribution in [0, 0.1) is 0 Å². The van der Waals surface area contributed by atoms with E-state index in [1.165, 1.54) is 25.3 Å². The maximum Gasteiger partial charge on any atom is 0.387 e. The average molecular weight is 231 g/mol. The number of hydrogen-bond acceptors (Lipinski definition) is 4. The first kappa shape index (κ1) is 12.2. The molecule has 0 heterocycles. The monoisotopic (exact) mass is 231 g/mol. The zero-order valence-electron chi connectivity index (χ0n) is 8.41. The minimum atomic E-state index is -2.96. The average Bonchev–Trinajstić information content (AvgIpc) is 2.18. The van der Waals surface area contributed by atoms with E-state index in [0.717, 1.165) is 0 Å². The number of carboxylic acid groups (broad SMARTS) is 1. The van der Waals surface area contributed by atoms with Crippen LogP contribution < -0.4 is 14.6 Å². The number of halogens is 2. The summed E-state index contributed by atoms with van der Waals surface area (Å²) in [5.41, 5.74) is 0.387. The standard InChI is InChI=1S/C10H10F2O4/c1-15-8-4-6(5-9(13)14)2-3-7(8)16-10(11)12/h2-4,10H,5H2,1H3,(H,13,14)/p-1. The number of alkyl halides is 2. The van der Waals surface area contributed by atoms with Crippen molar-refractivity contribution >= 4 is 5.97 Å². The lowest BCUT2D eigenvalue weighted by molar-refractivity contribution is -0.304. The molecule has 0 atom stereocenters. The molecule has 6 heteroatoms. The van der Waals surface area contributed by atoms with Crippen molar-refractivity contribution in [2.24, 2.45) is 0 Å². The van der Waals surface area contributed by atoms with Crippen LogP contribution in [0.4, 0.5) is 8.78 Å². The highest BCUT2D eigenvalue weighted by Gasteiger charge is 2.10. The predicted octanol–water partition coefficient (Wildman–Crippen LogP) is 0.589. The second-order valence-corrected chi connectivity index (χ2v) is 2.91. The van der Waals surface area contributed by atoms with Gasteiger partial charge < -0.3 is 19.4 Å². The number of hydrogen-bond donors (Lipinski definition) is 0. The van der Waals surface area contributed by atoms with Gasteiger partial charge in [0, 0.05) is 12.4 Å². The Morgan fingerprint density at radius 2 is 2.12 bits per heavy atom. The zero-order chi connectivity index (χ0) is 12.1. The molecule has 16 heavy (non-hydrogen) atoms. The van der Waals surface area contributed by atoms with E-state index in [0.29, 0.717) is 5.56 Å². The molecule has 0 N–H and O–H groups in total. The highest BCUT2D eigenvalue weighted by Crippen LogP contribution is 2.29. The molecule has 0 saturated heterocycles. The first-order chi connectivity index (χ1) is 7.52. The summed E-state index contributed by atoms with van der Waals surface area (Å²) in [7, 11) is 1.27. The smallest absolute Gasteiger partial charge is 0.387 e. The maximum absolute atomic E-state index is 12.0. The molecular formula is C10H9F2O4-. The molecule has 0 aliphatic rings. The SMILES string of the molecule is COc1cc(CC(=O)[O-])ccc1OC(F)F. The van der Waals surface area contributed by atoms with E-state index in [1.807, 2.05) is 0 Å². The molecule has 0 aliphatic heterocycles. The third-order valence-electron chi connectivity index (χ3n) is 1.79. The Bertz CT molecular complexity index is 379. The summed E-state index contributed by atoms with van der Waals surface area (Å²) >= 11 is 0. The Balaban J connectivity index is 2.92. The van der Waals surface area contributed by atoms with Gasteiger partial charge in [0.25, 0.3) is 0 Å². The minimum absolute atomic E-state index is 0.0547. The second-order valence-electron chi connectivity index (χ2n) is 2.91. The molecule has 88 valence electrons. The Kier molecular flexibility index (Phi) is 4.04. The van der Waals surface area contributed by atoms with Crippen molar-refractivity contribution in [2.45, 2.75) is 13.0 Å². The fourth-order valence-electron chi connectivity index (χ4n) is 1.18. The number of methoxy groups -OCH3 is 1. The minimum Gasteiger partial charge on any atom is -0.550 e. The Labute approximate surface area is 90.4 Å². The second kappa shape index (κ2) is 5.29. The zero-order valence-corrected chi connectivity index (χ0v) is 8.41. The number of rotatable bonds is 5.